The van der Waals surface area contributed by atoms with Gasteiger partial charge >= 0.3 is 0 Å². The molecule has 0 N–H and O–H groups in total. The lowest BCUT2D eigenvalue weighted by Gasteiger charge is -2.35. The zero-order valence-electron chi connectivity index (χ0n) is 13.6. The molecule has 0 unspecified atom stereocenters. The smallest absolute Gasteiger partial charge is 0.133 e. The van der Waals surface area contributed by atoms with Gasteiger partial charge in [0.25, 0.3) is 0 Å². The van der Waals surface area contributed by atoms with Gasteiger partial charge in [0.05, 0.1) is 6.61 Å². The van der Waals surface area contributed by atoms with Crippen molar-refractivity contribution in [2.45, 2.75) is 38.6 Å². The fourth-order valence-electron chi connectivity index (χ4n) is 2.98. The third kappa shape index (κ3) is 4.17. The lowest BCUT2D eigenvalue weighted by Crippen LogP contribution is -2.38. The van der Waals surface area contributed by atoms with Crippen molar-refractivity contribution in [3.05, 3.63) is 29.3 Å². The standard InChI is InChI=1S/C17H25F2NO2/c1-12(2)20-6-4-13(5-7-20)17-15(18)10-14(11-16(17)19)22-9-8-21-3/h10-13H,4-9H2,1-3H3. The van der Waals surface area contributed by atoms with Crippen molar-refractivity contribution in [2.24, 2.45) is 0 Å². The van der Waals surface area contributed by atoms with Crippen LogP contribution in [0.2, 0.25) is 0 Å². The van der Waals surface area contributed by atoms with Crippen LogP contribution in [0.15, 0.2) is 12.1 Å². The van der Waals surface area contributed by atoms with Gasteiger partial charge in [0.1, 0.15) is 24.0 Å². The van der Waals surface area contributed by atoms with Crippen molar-refractivity contribution in [3.63, 3.8) is 0 Å². The van der Waals surface area contributed by atoms with E-state index in [9.17, 15) is 8.78 Å². The molecule has 0 amide bonds. The number of rotatable bonds is 6. The molecule has 0 aromatic heterocycles. The van der Waals surface area contributed by atoms with Crippen LogP contribution >= 0.6 is 0 Å². The summed E-state index contributed by atoms with van der Waals surface area (Å²) in [5, 5.41) is 0. The molecule has 0 saturated carbocycles. The molecule has 0 bridgehead atoms. The van der Waals surface area contributed by atoms with Crippen molar-refractivity contribution in [2.75, 3.05) is 33.4 Å². The lowest BCUT2D eigenvalue weighted by molar-refractivity contribution is 0.145. The van der Waals surface area contributed by atoms with Crippen LogP contribution in [-0.2, 0) is 4.74 Å². The molecule has 124 valence electrons. The summed E-state index contributed by atoms with van der Waals surface area (Å²) in [6.07, 6.45) is 1.58. The molecule has 3 nitrogen and oxygen atoms in total. The Kier molecular flexibility index (Phi) is 6.15. The molecule has 1 aromatic carbocycles. The van der Waals surface area contributed by atoms with E-state index in [1.165, 1.54) is 12.1 Å². The second-order valence-corrected chi connectivity index (χ2v) is 6.05. The van der Waals surface area contributed by atoms with E-state index in [1.807, 2.05) is 0 Å². The molecule has 22 heavy (non-hydrogen) atoms. The molecule has 1 fully saturated rings. The molecule has 0 atom stereocenters. The second kappa shape index (κ2) is 7.88. The molecule has 1 heterocycles. The number of ether oxygens (including phenoxy) is 2. The van der Waals surface area contributed by atoms with Crippen molar-refractivity contribution >= 4 is 0 Å². The highest BCUT2D eigenvalue weighted by Crippen LogP contribution is 2.34. The largest absolute Gasteiger partial charge is 0.491 e. The number of hydrogen-bond donors (Lipinski definition) is 0. The van der Waals surface area contributed by atoms with E-state index < -0.39 is 11.6 Å². The summed E-state index contributed by atoms with van der Waals surface area (Å²) in [7, 11) is 1.55. The molecule has 2 rings (SSSR count). The summed E-state index contributed by atoms with van der Waals surface area (Å²) in [6.45, 7) is 6.72. The molecular weight excluding hydrogens is 288 g/mol. The summed E-state index contributed by atoms with van der Waals surface area (Å²) < 4.78 is 38.7. The molecule has 1 aliphatic rings. The van der Waals surface area contributed by atoms with Gasteiger partial charge in [0.2, 0.25) is 0 Å². The highest BCUT2D eigenvalue weighted by atomic mass is 19.1. The topological polar surface area (TPSA) is 21.7 Å². The van der Waals surface area contributed by atoms with E-state index in [2.05, 4.69) is 18.7 Å². The van der Waals surface area contributed by atoms with Crippen LogP contribution in [0.5, 0.6) is 5.75 Å². The first-order valence-corrected chi connectivity index (χ1v) is 7.87. The molecule has 5 heteroatoms. The number of hydrogen-bond acceptors (Lipinski definition) is 3. The SMILES string of the molecule is COCCOc1cc(F)c(C2CCN(C(C)C)CC2)c(F)c1. The third-order valence-electron chi connectivity index (χ3n) is 4.28. The number of halogens is 2. The minimum absolute atomic E-state index is 0.0528. The average molecular weight is 313 g/mol. The predicted octanol–water partition coefficient (Wildman–Crippen LogP) is 3.58. The van der Waals surface area contributed by atoms with Crippen molar-refractivity contribution in [1.29, 1.82) is 0 Å². The fraction of sp³-hybridized carbons (Fsp3) is 0.647. The van der Waals surface area contributed by atoms with Gasteiger partial charge in [-0.15, -0.1) is 0 Å². The summed E-state index contributed by atoms with van der Waals surface area (Å²) in [5.41, 5.74) is 0.211. The molecule has 0 radical (unpaired) electrons. The van der Waals surface area contributed by atoms with Crippen LogP contribution < -0.4 is 4.74 Å². The molecule has 1 saturated heterocycles. The molecule has 0 spiro atoms. The summed E-state index contributed by atoms with van der Waals surface area (Å²) in [5.74, 6) is -0.843. The molecule has 0 aliphatic carbocycles. The van der Waals surface area contributed by atoms with Gasteiger partial charge < -0.3 is 14.4 Å². The van der Waals surface area contributed by atoms with Crippen LogP contribution in [0, 0.1) is 11.6 Å². The Balaban J connectivity index is 2.05. The van der Waals surface area contributed by atoms with Crippen molar-refractivity contribution in [1.82, 2.24) is 4.90 Å². The zero-order valence-corrected chi connectivity index (χ0v) is 13.6. The highest BCUT2D eigenvalue weighted by Gasteiger charge is 2.27. The van der Waals surface area contributed by atoms with E-state index in [0.717, 1.165) is 25.9 Å². The maximum atomic E-state index is 14.3. The normalized spacial score (nSPS) is 17.2. The van der Waals surface area contributed by atoms with E-state index in [4.69, 9.17) is 9.47 Å². The quantitative estimate of drug-likeness (QED) is 0.749. The highest BCUT2D eigenvalue weighted by molar-refractivity contribution is 5.33. The zero-order chi connectivity index (χ0) is 16.1. The Bertz CT molecular complexity index is 463. The van der Waals surface area contributed by atoms with Crippen LogP contribution in [0.25, 0.3) is 0 Å². The number of likely N-dealkylation sites (tertiary alicyclic amines) is 1. The Labute approximate surface area is 131 Å². The minimum atomic E-state index is -0.504. The lowest BCUT2D eigenvalue weighted by atomic mass is 9.88. The minimum Gasteiger partial charge on any atom is -0.491 e. The van der Waals surface area contributed by atoms with Gasteiger partial charge in [-0.1, -0.05) is 0 Å². The number of piperidine rings is 1. The number of nitrogens with zero attached hydrogens (tertiary/aromatic N) is 1. The van der Waals surface area contributed by atoms with Crippen LogP contribution in [0.1, 0.15) is 38.2 Å². The first-order chi connectivity index (χ1) is 10.5. The fourth-order valence-corrected chi connectivity index (χ4v) is 2.98. The predicted molar refractivity (Wildman–Crippen MR) is 82.4 cm³/mol. The summed E-state index contributed by atoms with van der Waals surface area (Å²) in [4.78, 5) is 2.34. The number of methoxy groups -OCH3 is 1. The van der Waals surface area contributed by atoms with Gasteiger partial charge in [0.15, 0.2) is 0 Å². The van der Waals surface area contributed by atoms with Gasteiger partial charge in [0, 0.05) is 30.8 Å². The summed E-state index contributed by atoms with van der Waals surface area (Å²) >= 11 is 0. The van der Waals surface area contributed by atoms with Crippen LogP contribution in [-0.4, -0.2) is 44.4 Å². The van der Waals surface area contributed by atoms with Gasteiger partial charge in [-0.25, -0.2) is 8.78 Å². The van der Waals surface area contributed by atoms with Crippen LogP contribution in [0.3, 0.4) is 0 Å². The van der Waals surface area contributed by atoms with E-state index in [-0.39, 0.29) is 23.8 Å². The monoisotopic (exact) mass is 313 g/mol. The van der Waals surface area contributed by atoms with Crippen molar-refractivity contribution < 1.29 is 18.3 Å². The van der Waals surface area contributed by atoms with Gasteiger partial charge in [-0.3, -0.25) is 0 Å². The Hall–Kier alpha value is -1.20. The first-order valence-electron chi connectivity index (χ1n) is 7.87. The Morgan fingerprint density at radius 3 is 2.23 bits per heavy atom. The maximum absolute atomic E-state index is 14.3. The van der Waals surface area contributed by atoms with E-state index in [0.29, 0.717) is 12.6 Å². The number of benzene rings is 1. The molecule has 1 aliphatic heterocycles. The van der Waals surface area contributed by atoms with Crippen LogP contribution in [0.4, 0.5) is 8.78 Å². The van der Waals surface area contributed by atoms with E-state index >= 15 is 0 Å². The molecular formula is C17H25F2NO2. The summed E-state index contributed by atoms with van der Waals surface area (Å²) in [6, 6.07) is 3.04. The Morgan fingerprint density at radius 1 is 1.14 bits per heavy atom. The van der Waals surface area contributed by atoms with Gasteiger partial charge in [-0.05, 0) is 45.7 Å². The molecule has 1 aromatic rings. The average Bonchev–Trinajstić information content (AvgIpc) is 2.47. The van der Waals surface area contributed by atoms with Gasteiger partial charge in [-0.2, -0.15) is 0 Å². The van der Waals surface area contributed by atoms with E-state index in [1.54, 1.807) is 7.11 Å². The van der Waals surface area contributed by atoms with Crippen molar-refractivity contribution in [3.8, 4) is 5.75 Å². The first kappa shape index (κ1) is 17.2. The third-order valence-corrected chi connectivity index (χ3v) is 4.28. The maximum Gasteiger partial charge on any atom is 0.133 e. The second-order valence-electron chi connectivity index (χ2n) is 6.05. The Morgan fingerprint density at radius 2 is 1.73 bits per heavy atom.